The van der Waals surface area contributed by atoms with Crippen LogP contribution in [0.4, 0.5) is 0 Å². The van der Waals surface area contributed by atoms with E-state index in [1.165, 1.54) is 0 Å². The van der Waals surface area contributed by atoms with E-state index in [4.69, 9.17) is 4.74 Å². The van der Waals surface area contributed by atoms with Crippen molar-refractivity contribution in [2.75, 3.05) is 32.8 Å². The third-order valence-electron chi connectivity index (χ3n) is 2.88. The van der Waals surface area contributed by atoms with Gasteiger partial charge in [-0.2, -0.15) is 0 Å². The average Bonchev–Trinajstić information content (AvgIpc) is 2.44. The second-order valence-corrected chi connectivity index (χ2v) is 6.12. The van der Waals surface area contributed by atoms with Gasteiger partial charge in [-0.1, -0.05) is 27.7 Å². The summed E-state index contributed by atoms with van der Waals surface area (Å²) in [6.07, 6.45) is 1.60. The van der Waals surface area contributed by atoms with Gasteiger partial charge in [0.15, 0.2) is 0 Å². The Labute approximate surface area is 134 Å². The first-order chi connectivity index (χ1) is 10.4. The molecule has 0 bridgehead atoms. The summed E-state index contributed by atoms with van der Waals surface area (Å²) in [4.78, 5) is 22.9. The van der Waals surface area contributed by atoms with Gasteiger partial charge in [-0.05, 0) is 18.9 Å². The molecule has 0 spiro atoms. The molecule has 0 atom stereocenters. The van der Waals surface area contributed by atoms with E-state index in [1.54, 1.807) is 0 Å². The highest BCUT2D eigenvalue weighted by Gasteiger charge is 2.04. The molecular weight excluding hydrogens is 282 g/mol. The molecule has 0 heterocycles. The second kappa shape index (κ2) is 13.5. The molecule has 0 unspecified atom stereocenters. The van der Waals surface area contributed by atoms with E-state index in [0.717, 1.165) is 13.0 Å². The lowest BCUT2D eigenvalue weighted by atomic mass is 10.2. The topological polar surface area (TPSA) is 79.5 Å². The van der Waals surface area contributed by atoms with Crippen LogP contribution in [0.1, 0.15) is 47.0 Å². The van der Waals surface area contributed by atoms with E-state index in [2.05, 4.69) is 29.8 Å². The van der Waals surface area contributed by atoms with Gasteiger partial charge in [0, 0.05) is 32.0 Å². The van der Waals surface area contributed by atoms with Crippen LogP contribution in [0.3, 0.4) is 0 Å². The van der Waals surface area contributed by atoms with Gasteiger partial charge >= 0.3 is 0 Å². The predicted molar refractivity (Wildman–Crippen MR) is 88.7 cm³/mol. The van der Waals surface area contributed by atoms with Crippen molar-refractivity contribution in [2.24, 2.45) is 5.92 Å². The zero-order valence-electron chi connectivity index (χ0n) is 14.5. The van der Waals surface area contributed by atoms with Gasteiger partial charge in [-0.15, -0.1) is 0 Å². The highest BCUT2D eigenvalue weighted by atomic mass is 16.5. The van der Waals surface area contributed by atoms with Gasteiger partial charge in [0.1, 0.15) is 0 Å². The van der Waals surface area contributed by atoms with Crippen LogP contribution in [0.25, 0.3) is 0 Å². The minimum Gasteiger partial charge on any atom is -0.380 e. The van der Waals surface area contributed by atoms with Crippen LogP contribution < -0.4 is 16.0 Å². The normalized spacial score (nSPS) is 11.0. The fourth-order valence-corrected chi connectivity index (χ4v) is 1.63. The molecule has 0 saturated heterocycles. The molecule has 0 aromatic carbocycles. The Bertz CT molecular complexity index is 307. The van der Waals surface area contributed by atoms with Crippen molar-refractivity contribution in [1.82, 2.24) is 16.0 Å². The lowest BCUT2D eigenvalue weighted by Crippen LogP contribution is -2.30. The van der Waals surface area contributed by atoms with E-state index >= 15 is 0 Å². The third kappa shape index (κ3) is 15.3. The number of rotatable bonds is 13. The molecule has 0 radical (unpaired) electrons. The first kappa shape index (κ1) is 20.9. The van der Waals surface area contributed by atoms with E-state index in [9.17, 15) is 9.59 Å². The Kier molecular flexibility index (Phi) is 12.8. The smallest absolute Gasteiger partial charge is 0.222 e. The maximum Gasteiger partial charge on any atom is 0.222 e. The quantitative estimate of drug-likeness (QED) is 0.444. The Morgan fingerprint density at radius 1 is 0.909 bits per heavy atom. The van der Waals surface area contributed by atoms with Crippen LogP contribution in [-0.2, 0) is 14.3 Å². The molecule has 0 rings (SSSR count). The molecule has 3 N–H and O–H groups in total. The first-order valence-corrected chi connectivity index (χ1v) is 8.26. The standard InChI is InChI=1S/C16H33N3O3/c1-13(2)12-19-16(21)7-11-22-10-6-15(20)18-9-5-8-17-14(3)4/h13-14,17H,5-12H2,1-4H3,(H,18,20)(H,19,21). The van der Waals surface area contributed by atoms with Gasteiger partial charge < -0.3 is 20.7 Å². The number of amides is 2. The van der Waals surface area contributed by atoms with E-state index < -0.39 is 0 Å². The van der Waals surface area contributed by atoms with E-state index in [1.807, 2.05) is 13.8 Å². The van der Waals surface area contributed by atoms with Crippen molar-refractivity contribution in [3.05, 3.63) is 0 Å². The predicted octanol–water partition coefficient (Wildman–Crippen LogP) is 1.06. The van der Waals surface area contributed by atoms with Gasteiger partial charge in [-0.3, -0.25) is 9.59 Å². The largest absolute Gasteiger partial charge is 0.380 e. The number of ether oxygens (including phenoxy) is 1. The Balaban J connectivity index is 3.36. The summed E-state index contributed by atoms with van der Waals surface area (Å²) in [7, 11) is 0. The van der Waals surface area contributed by atoms with Crippen molar-refractivity contribution < 1.29 is 14.3 Å². The Morgan fingerprint density at radius 3 is 2.05 bits per heavy atom. The molecule has 0 aliphatic carbocycles. The van der Waals surface area contributed by atoms with Gasteiger partial charge in [0.25, 0.3) is 0 Å². The minimum atomic E-state index is -0.00573. The SMILES string of the molecule is CC(C)CNC(=O)CCOCCC(=O)NCCCNC(C)C. The number of carbonyl (C=O) groups excluding carboxylic acids is 2. The summed E-state index contributed by atoms with van der Waals surface area (Å²) in [6, 6.07) is 0.474. The summed E-state index contributed by atoms with van der Waals surface area (Å²) in [5.41, 5.74) is 0. The molecule has 0 saturated carbocycles. The van der Waals surface area contributed by atoms with E-state index in [0.29, 0.717) is 51.1 Å². The summed E-state index contributed by atoms with van der Waals surface area (Å²) < 4.78 is 5.31. The molecule has 22 heavy (non-hydrogen) atoms. The van der Waals surface area contributed by atoms with Gasteiger partial charge in [0.2, 0.25) is 11.8 Å². The van der Waals surface area contributed by atoms with Crippen LogP contribution in [0, 0.1) is 5.92 Å². The van der Waals surface area contributed by atoms with Crippen LogP contribution in [0.5, 0.6) is 0 Å². The van der Waals surface area contributed by atoms with Crippen molar-refractivity contribution in [3.63, 3.8) is 0 Å². The molecular formula is C16H33N3O3. The lowest BCUT2D eigenvalue weighted by Gasteiger charge is -2.09. The lowest BCUT2D eigenvalue weighted by molar-refractivity contribution is -0.122. The summed E-state index contributed by atoms with van der Waals surface area (Å²) in [5, 5.41) is 8.97. The third-order valence-corrected chi connectivity index (χ3v) is 2.88. The van der Waals surface area contributed by atoms with Crippen molar-refractivity contribution in [2.45, 2.75) is 53.0 Å². The average molecular weight is 315 g/mol. The Hall–Kier alpha value is -1.14. The van der Waals surface area contributed by atoms with Crippen molar-refractivity contribution >= 4 is 11.8 Å². The van der Waals surface area contributed by atoms with Gasteiger partial charge in [0.05, 0.1) is 13.2 Å². The molecule has 6 heteroatoms. The van der Waals surface area contributed by atoms with Crippen LogP contribution in [0.2, 0.25) is 0 Å². The van der Waals surface area contributed by atoms with Crippen LogP contribution >= 0.6 is 0 Å². The number of hydrogen-bond acceptors (Lipinski definition) is 4. The van der Waals surface area contributed by atoms with Crippen molar-refractivity contribution in [1.29, 1.82) is 0 Å². The number of carbonyl (C=O) groups is 2. The molecule has 0 aliphatic rings. The summed E-state index contributed by atoms with van der Waals surface area (Å²) in [6.45, 7) is 11.3. The maximum absolute atomic E-state index is 11.5. The van der Waals surface area contributed by atoms with Crippen LogP contribution in [-0.4, -0.2) is 50.7 Å². The monoisotopic (exact) mass is 315 g/mol. The molecule has 2 amide bonds. The molecule has 6 nitrogen and oxygen atoms in total. The highest BCUT2D eigenvalue weighted by molar-refractivity contribution is 5.76. The number of nitrogens with one attached hydrogen (secondary N) is 3. The minimum absolute atomic E-state index is 0.00389. The van der Waals surface area contributed by atoms with Gasteiger partial charge in [-0.25, -0.2) is 0 Å². The highest BCUT2D eigenvalue weighted by Crippen LogP contribution is 1.91. The van der Waals surface area contributed by atoms with E-state index in [-0.39, 0.29) is 11.8 Å². The fourth-order valence-electron chi connectivity index (χ4n) is 1.63. The zero-order chi connectivity index (χ0) is 16.8. The molecule has 0 aromatic rings. The molecule has 0 aliphatic heterocycles. The van der Waals surface area contributed by atoms with Crippen LogP contribution in [0.15, 0.2) is 0 Å². The first-order valence-electron chi connectivity index (χ1n) is 8.26. The number of hydrogen-bond donors (Lipinski definition) is 3. The Morgan fingerprint density at radius 2 is 1.50 bits per heavy atom. The molecule has 130 valence electrons. The summed E-state index contributed by atoms with van der Waals surface area (Å²) in [5.74, 6) is 0.439. The zero-order valence-corrected chi connectivity index (χ0v) is 14.5. The fraction of sp³-hybridized carbons (Fsp3) is 0.875. The summed E-state index contributed by atoms with van der Waals surface area (Å²) >= 11 is 0. The molecule has 0 fully saturated rings. The molecule has 0 aromatic heterocycles. The maximum atomic E-state index is 11.5. The second-order valence-electron chi connectivity index (χ2n) is 6.12. The van der Waals surface area contributed by atoms with Crippen molar-refractivity contribution in [3.8, 4) is 0 Å².